The summed E-state index contributed by atoms with van der Waals surface area (Å²) in [7, 11) is 0. The average molecular weight is 458 g/mol. The van der Waals surface area contributed by atoms with Crippen molar-refractivity contribution < 1.29 is 4.79 Å². The van der Waals surface area contributed by atoms with Crippen LogP contribution in [0.1, 0.15) is 76.0 Å². The van der Waals surface area contributed by atoms with Gasteiger partial charge in [0, 0.05) is 22.0 Å². The highest BCUT2D eigenvalue weighted by Gasteiger charge is 2.50. The van der Waals surface area contributed by atoms with E-state index in [1.165, 1.54) is 5.56 Å². The van der Waals surface area contributed by atoms with Gasteiger partial charge in [0.25, 0.3) is 0 Å². The first-order valence-electron chi connectivity index (χ1n) is 11.3. The third-order valence-corrected chi connectivity index (χ3v) is 7.16. The number of allylic oxidation sites excluding steroid dienone is 1. The molecule has 4 atom stereocenters. The molecule has 2 nitrogen and oxygen atoms in total. The number of likely N-dealkylation sites (tertiary alicyclic amines) is 1. The monoisotopic (exact) mass is 457 g/mol. The van der Waals surface area contributed by atoms with Gasteiger partial charge in [0.1, 0.15) is 0 Å². The number of benzene rings is 2. The Morgan fingerprint density at radius 2 is 1.84 bits per heavy atom. The summed E-state index contributed by atoms with van der Waals surface area (Å²) >= 11 is 12.6. The van der Waals surface area contributed by atoms with E-state index in [0.717, 1.165) is 36.3 Å². The summed E-state index contributed by atoms with van der Waals surface area (Å²) in [5.41, 5.74) is 1.81. The molecule has 0 aliphatic carbocycles. The second-order valence-electron chi connectivity index (χ2n) is 8.98. The van der Waals surface area contributed by atoms with E-state index in [0.29, 0.717) is 11.4 Å². The van der Waals surface area contributed by atoms with Crippen molar-refractivity contribution in [3.8, 4) is 0 Å². The predicted molar refractivity (Wildman–Crippen MR) is 132 cm³/mol. The van der Waals surface area contributed by atoms with Gasteiger partial charge in [-0.05, 0) is 61.1 Å². The van der Waals surface area contributed by atoms with Crippen molar-refractivity contribution in [3.63, 3.8) is 0 Å². The van der Waals surface area contributed by atoms with Crippen LogP contribution in [0.2, 0.25) is 10.0 Å². The molecule has 1 amide bonds. The second kappa shape index (κ2) is 10.2. The highest BCUT2D eigenvalue weighted by atomic mass is 35.5. The molecule has 0 radical (unpaired) electrons. The maximum Gasteiger partial charge on any atom is 0.229 e. The van der Waals surface area contributed by atoms with Crippen molar-refractivity contribution in [2.75, 3.05) is 0 Å². The smallest absolute Gasteiger partial charge is 0.229 e. The third-order valence-electron chi connectivity index (χ3n) is 6.67. The van der Waals surface area contributed by atoms with E-state index in [1.807, 2.05) is 30.3 Å². The summed E-state index contributed by atoms with van der Waals surface area (Å²) in [6, 6.07) is 16.2. The number of hydrogen-bond donors (Lipinski definition) is 0. The van der Waals surface area contributed by atoms with E-state index in [9.17, 15) is 4.79 Å². The maximum absolute atomic E-state index is 14.0. The Morgan fingerprint density at radius 1 is 1.13 bits per heavy atom. The molecule has 0 bridgehead atoms. The van der Waals surface area contributed by atoms with Crippen LogP contribution >= 0.6 is 23.2 Å². The van der Waals surface area contributed by atoms with Gasteiger partial charge in [-0.1, -0.05) is 80.7 Å². The first-order chi connectivity index (χ1) is 14.8. The second-order valence-corrected chi connectivity index (χ2v) is 9.85. The van der Waals surface area contributed by atoms with Crippen LogP contribution in [0.15, 0.2) is 61.2 Å². The molecule has 1 aliphatic heterocycles. The van der Waals surface area contributed by atoms with Crippen molar-refractivity contribution >= 4 is 29.1 Å². The molecule has 2 aromatic carbocycles. The number of halogens is 2. The zero-order valence-corrected chi connectivity index (χ0v) is 20.3. The Kier molecular flexibility index (Phi) is 7.88. The molecule has 0 spiro atoms. The summed E-state index contributed by atoms with van der Waals surface area (Å²) in [5.74, 6) is 0.361. The number of amides is 1. The lowest BCUT2D eigenvalue weighted by atomic mass is 9.67. The lowest BCUT2D eigenvalue weighted by Crippen LogP contribution is -2.55. The van der Waals surface area contributed by atoms with Crippen molar-refractivity contribution in [2.24, 2.45) is 5.41 Å². The number of piperidine rings is 1. The molecule has 166 valence electrons. The van der Waals surface area contributed by atoms with Gasteiger partial charge in [0.15, 0.2) is 0 Å². The largest absolute Gasteiger partial charge is 0.332 e. The van der Waals surface area contributed by atoms with Crippen LogP contribution in [-0.4, -0.2) is 16.8 Å². The minimum Gasteiger partial charge on any atom is -0.332 e. The van der Waals surface area contributed by atoms with Gasteiger partial charge in [-0.25, -0.2) is 0 Å². The number of hydrogen-bond acceptors (Lipinski definition) is 1. The minimum atomic E-state index is -0.487. The Bertz CT molecular complexity index is 910. The molecule has 4 unspecified atom stereocenters. The van der Waals surface area contributed by atoms with Crippen LogP contribution in [0.3, 0.4) is 0 Å². The SMILES string of the molecule is C=CCC1(C)CC(c2cccc(Cl)c2)C(c2ccc(Cl)cc2)N(C(CC)CCC)C1=O. The molecule has 1 heterocycles. The summed E-state index contributed by atoms with van der Waals surface area (Å²) in [6.45, 7) is 10.4. The van der Waals surface area contributed by atoms with E-state index in [4.69, 9.17) is 23.2 Å². The fourth-order valence-corrected chi connectivity index (χ4v) is 5.49. The van der Waals surface area contributed by atoms with Crippen LogP contribution in [0.25, 0.3) is 0 Å². The highest BCUT2D eigenvalue weighted by molar-refractivity contribution is 6.30. The number of rotatable bonds is 8. The number of carbonyl (C=O) groups excluding carboxylic acids is 1. The normalized spacial score (nSPS) is 24.8. The van der Waals surface area contributed by atoms with Crippen LogP contribution < -0.4 is 0 Å². The lowest BCUT2D eigenvalue weighted by molar-refractivity contribution is -0.154. The van der Waals surface area contributed by atoms with Crippen LogP contribution in [0.4, 0.5) is 0 Å². The molecule has 4 heteroatoms. The molecule has 31 heavy (non-hydrogen) atoms. The van der Waals surface area contributed by atoms with E-state index < -0.39 is 5.41 Å². The van der Waals surface area contributed by atoms with Crippen LogP contribution in [-0.2, 0) is 4.79 Å². The molecule has 0 N–H and O–H groups in total. The van der Waals surface area contributed by atoms with E-state index in [1.54, 1.807) is 0 Å². The van der Waals surface area contributed by atoms with Gasteiger partial charge in [-0.3, -0.25) is 4.79 Å². The molecule has 3 rings (SSSR count). The molecule has 1 fully saturated rings. The van der Waals surface area contributed by atoms with E-state index in [2.05, 4.69) is 56.5 Å². The van der Waals surface area contributed by atoms with Crippen molar-refractivity contribution in [2.45, 2.75) is 70.9 Å². The summed E-state index contributed by atoms with van der Waals surface area (Å²) < 4.78 is 0. The van der Waals surface area contributed by atoms with Crippen LogP contribution in [0, 0.1) is 5.41 Å². The first-order valence-corrected chi connectivity index (χ1v) is 12.0. The third kappa shape index (κ3) is 5.02. The topological polar surface area (TPSA) is 20.3 Å². The van der Waals surface area contributed by atoms with Crippen molar-refractivity contribution in [3.05, 3.63) is 82.4 Å². The van der Waals surface area contributed by atoms with Gasteiger partial charge in [-0.2, -0.15) is 0 Å². The molecule has 1 saturated heterocycles. The van der Waals surface area contributed by atoms with Crippen LogP contribution in [0.5, 0.6) is 0 Å². The molecular weight excluding hydrogens is 425 g/mol. The van der Waals surface area contributed by atoms with E-state index in [-0.39, 0.29) is 23.9 Å². The minimum absolute atomic E-state index is 0.0578. The number of nitrogens with zero attached hydrogens (tertiary/aromatic N) is 1. The Morgan fingerprint density at radius 3 is 2.42 bits per heavy atom. The Labute approximate surface area is 197 Å². The fourth-order valence-electron chi connectivity index (χ4n) is 5.16. The quantitative estimate of drug-likeness (QED) is 0.365. The average Bonchev–Trinajstić information content (AvgIpc) is 2.75. The maximum atomic E-state index is 14.0. The zero-order valence-electron chi connectivity index (χ0n) is 18.8. The van der Waals surface area contributed by atoms with Gasteiger partial charge < -0.3 is 4.90 Å². The number of carbonyl (C=O) groups is 1. The molecule has 0 saturated carbocycles. The molecule has 0 aromatic heterocycles. The van der Waals surface area contributed by atoms with E-state index >= 15 is 0 Å². The molecule has 1 aliphatic rings. The van der Waals surface area contributed by atoms with Gasteiger partial charge in [0.05, 0.1) is 11.5 Å². The molecule has 2 aromatic rings. The molecular formula is C27H33Cl2NO. The first kappa shape index (κ1) is 23.9. The van der Waals surface area contributed by atoms with Crippen molar-refractivity contribution in [1.29, 1.82) is 0 Å². The Hall–Kier alpha value is -1.77. The summed E-state index contributed by atoms with van der Waals surface area (Å²) in [5, 5.41) is 1.43. The zero-order chi connectivity index (χ0) is 22.6. The lowest BCUT2D eigenvalue weighted by Gasteiger charge is -2.52. The summed E-state index contributed by atoms with van der Waals surface area (Å²) in [4.78, 5) is 16.2. The van der Waals surface area contributed by atoms with Gasteiger partial charge in [-0.15, -0.1) is 6.58 Å². The summed E-state index contributed by atoms with van der Waals surface area (Å²) in [6.07, 6.45) is 6.25. The highest BCUT2D eigenvalue weighted by Crippen LogP contribution is 2.52. The fraction of sp³-hybridized carbons (Fsp3) is 0.444. The van der Waals surface area contributed by atoms with Gasteiger partial charge >= 0.3 is 0 Å². The predicted octanol–water partition coefficient (Wildman–Crippen LogP) is 8.21. The van der Waals surface area contributed by atoms with Crippen molar-refractivity contribution in [1.82, 2.24) is 4.90 Å². The van der Waals surface area contributed by atoms with Gasteiger partial charge in [0.2, 0.25) is 5.91 Å². The standard InChI is InChI=1S/C27H33Cl2NO/c1-5-9-23(7-3)30-25(19-12-14-21(28)15-13-19)24(20-10-8-11-22(29)17-20)18-27(4,16-6-2)26(30)31/h6,8,10-15,17,23-25H,2,5,7,9,16,18H2,1,3-4H3. The Balaban J connectivity index is 2.21.